The standard InChI is InChI=1S/C11H9NO4S/c1-17(15,16)9-4-2-3-7-5-8(11(13)14)6-12-10(7)9/h2-6H,1H3,(H,13,14). The zero-order valence-electron chi connectivity index (χ0n) is 8.91. The Morgan fingerprint density at radius 3 is 2.65 bits per heavy atom. The van der Waals surface area contributed by atoms with Crippen LogP contribution in [0, 0.1) is 0 Å². The molecule has 6 heteroatoms. The van der Waals surface area contributed by atoms with Gasteiger partial charge in [0.2, 0.25) is 0 Å². The fourth-order valence-corrected chi connectivity index (χ4v) is 2.40. The number of carboxylic acid groups (broad SMARTS) is 1. The lowest BCUT2D eigenvalue weighted by molar-refractivity contribution is 0.0696. The quantitative estimate of drug-likeness (QED) is 0.870. The molecule has 0 spiro atoms. The van der Waals surface area contributed by atoms with E-state index in [2.05, 4.69) is 4.98 Å². The lowest BCUT2D eigenvalue weighted by Gasteiger charge is -2.04. The molecule has 1 heterocycles. The molecule has 5 nitrogen and oxygen atoms in total. The number of carbonyl (C=O) groups is 1. The zero-order valence-corrected chi connectivity index (χ0v) is 9.73. The smallest absolute Gasteiger partial charge is 0.337 e. The van der Waals surface area contributed by atoms with Crippen LogP contribution in [-0.4, -0.2) is 30.7 Å². The summed E-state index contributed by atoms with van der Waals surface area (Å²) in [6, 6.07) is 6.04. The molecule has 0 amide bonds. The van der Waals surface area contributed by atoms with Gasteiger partial charge in [0.05, 0.1) is 16.0 Å². The minimum Gasteiger partial charge on any atom is -0.478 e. The van der Waals surface area contributed by atoms with E-state index >= 15 is 0 Å². The lowest BCUT2D eigenvalue weighted by atomic mass is 10.1. The molecule has 0 unspecified atom stereocenters. The largest absolute Gasteiger partial charge is 0.478 e. The summed E-state index contributed by atoms with van der Waals surface area (Å²) in [4.78, 5) is 14.8. The number of benzene rings is 1. The van der Waals surface area contributed by atoms with E-state index in [1.807, 2.05) is 0 Å². The molecule has 0 aliphatic carbocycles. The molecule has 0 saturated carbocycles. The fraction of sp³-hybridized carbons (Fsp3) is 0.0909. The van der Waals surface area contributed by atoms with Crippen LogP contribution in [-0.2, 0) is 9.84 Å². The van der Waals surface area contributed by atoms with Gasteiger partial charge in [-0.05, 0) is 12.1 Å². The molecule has 88 valence electrons. The Balaban J connectivity index is 2.81. The zero-order chi connectivity index (χ0) is 12.6. The third-order valence-corrected chi connectivity index (χ3v) is 3.45. The normalized spacial score (nSPS) is 11.6. The minimum atomic E-state index is -3.37. The monoisotopic (exact) mass is 251 g/mol. The van der Waals surface area contributed by atoms with E-state index in [-0.39, 0.29) is 10.5 Å². The van der Waals surface area contributed by atoms with Gasteiger partial charge in [-0.1, -0.05) is 12.1 Å². The second-order valence-corrected chi connectivity index (χ2v) is 5.61. The van der Waals surface area contributed by atoms with Gasteiger partial charge in [0.1, 0.15) is 0 Å². The number of sulfone groups is 1. The Kier molecular flexibility index (Phi) is 2.59. The highest BCUT2D eigenvalue weighted by molar-refractivity contribution is 7.91. The number of carboxylic acids is 1. The minimum absolute atomic E-state index is 0.0307. The Labute approximate surface area is 97.6 Å². The van der Waals surface area contributed by atoms with Gasteiger partial charge in [-0.3, -0.25) is 4.98 Å². The molecule has 0 bridgehead atoms. The van der Waals surface area contributed by atoms with E-state index < -0.39 is 15.8 Å². The maximum Gasteiger partial charge on any atom is 0.337 e. The predicted octanol–water partition coefficient (Wildman–Crippen LogP) is 1.34. The highest BCUT2D eigenvalue weighted by Gasteiger charge is 2.13. The van der Waals surface area contributed by atoms with Crippen molar-refractivity contribution in [1.29, 1.82) is 0 Å². The molecule has 1 aromatic carbocycles. The number of fused-ring (bicyclic) bond motifs is 1. The number of nitrogens with zero attached hydrogens (tertiary/aromatic N) is 1. The number of hydrogen-bond acceptors (Lipinski definition) is 4. The Bertz CT molecular complexity index is 706. The second-order valence-electron chi connectivity index (χ2n) is 3.63. The van der Waals surface area contributed by atoms with E-state index in [1.54, 1.807) is 12.1 Å². The molecule has 0 aliphatic heterocycles. The van der Waals surface area contributed by atoms with Crippen LogP contribution in [0.3, 0.4) is 0 Å². The molecule has 0 radical (unpaired) electrons. The van der Waals surface area contributed by atoms with Gasteiger partial charge < -0.3 is 5.11 Å². The molecule has 0 aliphatic rings. The predicted molar refractivity (Wildman–Crippen MR) is 61.8 cm³/mol. The van der Waals surface area contributed by atoms with E-state index in [4.69, 9.17) is 5.11 Å². The van der Waals surface area contributed by atoms with Crippen molar-refractivity contribution in [3.05, 3.63) is 36.0 Å². The van der Waals surface area contributed by atoms with Crippen molar-refractivity contribution in [2.45, 2.75) is 4.90 Å². The molecule has 0 atom stereocenters. The molecule has 17 heavy (non-hydrogen) atoms. The van der Waals surface area contributed by atoms with Gasteiger partial charge in [0.25, 0.3) is 0 Å². The number of pyridine rings is 1. The summed E-state index contributed by atoms with van der Waals surface area (Å²) in [5.74, 6) is -1.09. The van der Waals surface area contributed by atoms with Crippen LogP contribution in [0.2, 0.25) is 0 Å². The van der Waals surface area contributed by atoms with Gasteiger partial charge in [0.15, 0.2) is 9.84 Å². The summed E-state index contributed by atoms with van der Waals surface area (Å²) >= 11 is 0. The number of aromatic carboxylic acids is 1. The molecule has 1 N–H and O–H groups in total. The molecule has 0 fully saturated rings. The summed E-state index contributed by atoms with van der Waals surface area (Å²) in [7, 11) is -3.37. The summed E-state index contributed by atoms with van der Waals surface area (Å²) in [6.45, 7) is 0. The number of hydrogen-bond donors (Lipinski definition) is 1. The van der Waals surface area contributed by atoms with Crippen LogP contribution in [0.4, 0.5) is 0 Å². The van der Waals surface area contributed by atoms with Gasteiger partial charge in [-0.15, -0.1) is 0 Å². The topological polar surface area (TPSA) is 84.3 Å². The average Bonchev–Trinajstić information content (AvgIpc) is 2.26. The Hall–Kier alpha value is -1.95. The number of aromatic nitrogens is 1. The van der Waals surface area contributed by atoms with Crippen LogP contribution in [0.25, 0.3) is 10.9 Å². The van der Waals surface area contributed by atoms with Crippen molar-refractivity contribution in [1.82, 2.24) is 4.98 Å². The van der Waals surface area contributed by atoms with E-state index in [1.165, 1.54) is 12.1 Å². The molecular weight excluding hydrogens is 242 g/mol. The number of para-hydroxylation sites is 1. The Morgan fingerprint density at radius 2 is 2.06 bits per heavy atom. The van der Waals surface area contributed by atoms with E-state index in [9.17, 15) is 13.2 Å². The van der Waals surface area contributed by atoms with Crippen molar-refractivity contribution < 1.29 is 18.3 Å². The van der Waals surface area contributed by atoms with Crippen molar-refractivity contribution >= 4 is 26.7 Å². The summed E-state index contributed by atoms with van der Waals surface area (Å²) in [5.41, 5.74) is 0.322. The van der Waals surface area contributed by atoms with Crippen molar-refractivity contribution in [3.63, 3.8) is 0 Å². The maximum atomic E-state index is 11.5. The first-order valence-corrected chi connectivity index (χ1v) is 6.61. The summed E-state index contributed by atoms with van der Waals surface area (Å²) in [5, 5.41) is 9.31. The summed E-state index contributed by atoms with van der Waals surface area (Å²) in [6.07, 6.45) is 2.24. The highest BCUT2D eigenvalue weighted by Crippen LogP contribution is 2.21. The molecule has 2 rings (SSSR count). The first kappa shape index (κ1) is 11.5. The SMILES string of the molecule is CS(=O)(=O)c1cccc2cc(C(=O)O)cnc12. The van der Waals surface area contributed by atoms with Crippen molar-refractivity contribution in [2.24, 2.45) is 0 Å². The maximum absolute atomic E-state index is 11.5. The van der Waals surface area contributed by atoms with Gasteiger partial charge in [-0.2, -0.15) is 0 Å². The van der Waals surface area contributed by atoms with Gasteiger partial charge >= 0.3 is 5.97 Å². The molecule has 2 aromatic rings. The van der Waals surface area contributed by atoms with Crippen molar-refractivity contribution in [2.75, 3.05) is 6.26 Å². The van der Waals surface area contributed by atoms with E-state index in [0.717, 1.165) is 12.5 Å². The van der Waals surface area contributed by atoms with Crippen LogP contribution < -0.4 is 0 Å². The van der Waals surface area contributed by atoms with Crippen LogP contribution in [0.1, 0.15) is 10.4 Å². The van der Waals surface area contributed by atoms with Crippen LogP contribution >= 0.6 is 0 Å². The third-order valence-electron chi connectivity index (χ3n) is 2.32. The first-order valence-electron chi connectivity index (χ1n) is 4.72. The van der Waals surface area contributed by atoms with Gasteiger partial charge in [-0.25, -0.2) is 13.2 Å². The first-order chi connectivity index (χ1) is 7.89. The molecule has 0 saturated heterocycles. The van der Waals surface area contributed by atoms with Crippen LogP contribution in [0.5, 0.6) is 0 Å². The van der Waals surface area contributed by atoms with E-state index in [0.29, 0.717) is 10.9 Å². The van der Waals surface area contributed by atoms with Crippen LogP contribution in [0.15, 0.2) is 35.4 Å². The lowest BCUT2D eigenvalue weighted by Crippen LogP contribution is -2.01. The Morgan fingerprint density at radius 1 is 1.35 bits per heavy atom. The third kappa shape index (κ3) is 2.12. The fourth-order valence-electron chi connectivity index (χ4n) is 1.55. The molecular formula is C11H9NO4S. The van der Waals surface area contributed by atoms with Gasteiger partial charge in [0, 0.05) is 17.8 Å². The highest BCUT2D eigenvalue weighted by atomic mass is 32.2. The molecule has 1 aromatic heterocycles. The second kappa shape index (κ2) is 3.81. The van der Waals surface area contributed by atoms with Crippen molar-refractivity contribution in [3.8, 4) is 0 Å². The summed E-state index contributed by atoms with van der Waals surface area (Å²) < 4.78 is 23.0. The average molecular weight is 251 g/mol. The number of rotatable bonds is 2.